The number of carbonyl (C=O) groups is 1. The molecule has 10 nitrogen and oxygen atoms in total. The van der Waals surface area contributed by atoms with Gasteiger partial charge in [-0.1, -0.05) is 0 Å². The minimum Gasteiger partial charge on any atom is -0.494 e. The van der Waals surface area contributed by atoms with Crippen LogP contribution in [0.15, 0.2) is 59.5 Å². The molecule has 196 valence electrons. The number of halogens is 1. The summed E-state index contributed by atoms with van der Waals surface area (Å²) < 4.78 is 46.4. The molecule has 0 aliphatic carbocycles. The number of carboxylic acid groups (broad SMARTS) is 1. The van der Waals surface area contributed by atoms with E-state index in [2.05, 4.69) is 15.3 Å². The van der Waals surface area contributed by atoms with E-state index >= 15 is 0 Å². The molecule has 2 aromatic carbocycles. The highest BCUT2D eigenvalue weighted by Crippen LogP contribution is 2.24. The molecule has 1 aliphatic rings. The number of aromatic nitrogens is 2. The molecular formula is C25H28FN5O5S. The maximum Gasteiger partial charge on any atom is 0.303 e. The smallest absolute Gasteiger partial charge is 0.303 e. The second-order valence-electron chi connectivity index (χ2n) is 8.53. The van der Waals surface area contributed by atoms with Gasteiger partial charge in [0.2, 0.25) is 16.0 Å². The molecule has 0 amide bonds. The van der Waals surface area contributed by atoms with Crippen LogP contribution in [0.3, 0.4) is 0 Å². The van der Waals surface area contributed by atoms with Crippen LogP contribution in [0.1, 0.15) is 18.5 Å². The topological polar surface area (TPSA) is 125 Å². The fourth-order valence-electron chi connectivity index (χ4n) is 3.84. The van der Waals surface area contributed by atoms with Crippen molar-refractivity contribution in [3.63, 3.8) is 0 Å². The van der Waals surface area contributed by atoms with E-state index in [0.717, 1.165) is 5.69 Å². The van der Waals surface area contributed by atoms with E-state index < -0.39 is 16.0 Å². The summed E-state index contributed by atoms with van der Waals surface area (Å²) in [7, 11) is -3.69. The van der Waals surface area contributed by atoms with Gasteiger partial charge in [0.05, 0.1) is 11.5 Å². The summed E-state index contributed by atoms with van der Waals surface area (Å²) in [6, 6.07) is 13.9. The van der Waals surface area contributed by atoms with Gasteiger partial charge in [-0.05, 0) is 61.9 Å². The van der Waals surface area contributed by atoms with Crippen LogP contribution in [-0.4, -0.2) is 66.6 Å². The molecule has 1 saturated heterocycles. The van der Waals surface area contributed by atoms with E-state index in [9.17, 15) is 17.6 Å². The van der Waals surface area contributed by atoms with Crippen LogP contribution in [0.25, 0.3) is 0 Å². The number of ether oxygens (including phenoxy) is 1. The van der Waals surface area contributed by atoms with E-state index in [-0.39, 0.29) is 36.8 Å². The molecule has 2 heterocycles. The lowest BCUT2D eigenvalue weighted by Crippen LogP contribution is -2.49. The van der Waals surface area contributed by atoms with Crippen molar-refractivity contribution in [3.05, 3.63) is 66.1 Å². The van der Waals surface area contributed by atoms with Crippen LogP contribution < -0.4 is 15.0 Å². The van der Waals surface area contributed by atoms with Gasteiger partial charge in [0, 0.05) is 50.0 Å². The molecule has 12 heteroatoms. The van der Waals surface area contributed by atoms with Gasteiger partial charge in [-0.3, -0.25) is 4.79 Å². The predicted octanol–water partition coefficient (Wildman–Crippen LogP) is 3.42. The second kappa shape index (κ2) is 11.5. The molecule has 0 spiro atoms. The maximum absolute atomic E-state index is 13.2. The molecule has 1 fully saturated rings. The van der Waals surface area contributed by atoms with Gasteiger partial charge in [-0.2, -0.15) is 9.29 Å². The molecular weight excluding hydrogens is 501 g/mol. The minimum absolute atomic E-state index is 0.0120. The van der Waals surface area contributed by atoms with Crippen molar-refractivity contribution in [2.24, 2.45) is 0 Å². The highest BCUT2D eigenvalue weighted by Gasteiger charge is 2.29. The number of rotatable bonds is 10. The van der Waals surface area contributed by atoms with Crippen molar-refractivity contribution >= 4 is 33.4 Å². The third-order valence-corrected chi connectivity index (χ3v) is 7.66. The second-order valence-corrected chi connectivity index (χ2v) is 10.5. The van der Waals surface area contributed by atoms with Crippen LogP contribution in [0.2, 0.25) is 0 Å². The monoisotopic (exact) mass is 529 g/mol. The average molecular weight is 530 g/mol. The fraction of sp³-hybridized carbons (Fsp3) is 0.320. The molecule has 1 aliphatic heterocycles. The number of hydrogen-bond donors (Lipinski definition) is 2. The first-order valence-electron chi connectivity index (χ1n) is 11.8. The van der Waals surface area contributed by atoms with Gasteiger partial charge in [-0.25, -0.2) is 17.8 Å². The standard InChI is InChI=1S/C25H28FN5O5S/c1-18-17-23(28-20-6-4-19(26)5-7-20)29-25(27-18)30-12-14-31(15-13-30)37(34,35)22-10-8-21(9-11-22)36-16-2-3-24(32)33/h4-11,17H,2-3,12-16H2,1H3,(H,32,33)(H,27,28,29). The van der Waals surface area contributed by atoms with E-state index in [4.69, 9.17) is 9.84 Å². The third kappa shape index (κ3) is 6.92. The Balaban J connectivity index is 1.36. The molecule has 2 N–H and O–H groups in total. The quantitative estimate of drug-likeness (QED) is 0.380. The van der Waals surface area contributed by atoms with Crippen molar-refractivity contribution < 1.29 is 27.4 Å². The highest BCUT2D eigenvalue weighted by molar-refractivity contribution is 7.89. The number of anilines is 3. The van der Waals surface area contributed by atoms with E-state index in [1.807, 2.05) is 11.8 Å². The van der Waals surface area contributed by atoms with Crippen LogP contribution in [0.5, 0.6) is 5.75 Å². The Bertz CT molecular complexity index is 1330. The van der Waals surface area contributed by atoms with Crippen molar-refractivity contribution in [3.8, 4) is 5.75 Å². The lowest BCUT2D eigenvalue weighted by Gasteiger charge is -2.34. The molecule has 3 aromatic rings. The van der Waals surface area contributed by atoms with Gasteiger partial charge in [0.1, 0.15) is 17.4 Å². The number of aliphatic carboxylic acids is 1. The first-order chi connectivity index (χ1) is 17.7. The van der Waals surface area contributed by atoms with E-state index in [1.54, 1.807) is 30.3 Å². The Morgan fingerprint density at radius 3 is 2.38 bits per heavy atom. The Hall–Kier alpha value is -3.77. The maximum atomic E-state index is 13.2. The summed E-state index contributed by atoms with van der Waals surface area (Å²) >= 11 is 0. The minimum atomic E-state index is -3.69. The van der Waals surface area contributed by atoms with Gasteiger partial charge < -0.3 is 20.1 Å². The summed E-state index contributed by atoms with van der Waals surface area (Å²) in [6.45, 7) is 3.47. The first kappa shape index (κ1) is 26.3. The summed E-state index contributed by atoms with van der Waals surface area (Å²) in [5.41, 5.74) is 1.44. The van der Waals surface area contributed by atoms with Crippen molar-refractivity contribution in [1.29, 1.82) is 0 Å². The van der Waals surface area contributed by atoms with Crippen LogP contribution in [0, 0.1) is 12.7 Å². The number of nitrogens with zero attached hydrogens (tertiary/aromatic N) is 4. The summed E-state index contributed by atoms with van der Waals surface area (Å²) in [5.74, 6) is 0.327. The molecule has 37 heavy (non-hydrogen) atoms. The Kier molecular flexibility index (Phi) is 8.19. The van der Waals surface area contributed by atoms with Crippen LogP contribution in [-0.2, 0) is 14.8 Å². The number of nitrogens with one attached hydrogen (secondary N) is 1. The summed E-state index contributed by atoms with van der Waals surface area (Å²) in [5, 5.41) is 11.8. The molecule has 0 unspecified atom stereocenters. The van der Waals surface area contributed by atoms with Gasteiger partial charge >= 0.3 is 5.97 Å². The zero-order valence-electron chi connectivity index (χ0n) is 20.3. The normalized spacial score (nSPS) is 14.4. The number of carboxylic acids is 1. The molecule has 4 rings (SSSR count). The number of benzene rings is 2. The lowest BCUT2D eigenvalue weighted by atomic mass is 10.3. The zero-order valence-corrected chi connectivity index (χ0v) is 21.1. The van der Waals surface area contributed by atoms with Crippen molar-refractivity contribution in [2.75, 3.05) is 43.0 Å². The fourth-order valence-corrected chi connectivity index (χ4v) is 5.26. The number of hydrogen-bond acceptors (Lipinski definition) is 8. The third-order valence-electron chi connectivity index (χ3n) is 5.75. The van der Waals surface area contributed by atoms with Gasteiger partial charge in [0.15, 0.2) is 0 Å². The Labute approximate surface area is 214 Å². The SMILES string of the molecule is Cc1cc(Nc2ccc(F)cc2)nc(N2CCN(S(=O)(=O)c3ccc(OCCCC(=O)O)cc3)CC2)n1. The van der Waals surface area contributed by atoms with Crippen molar-refractivity contribution in [2.45, 2.75) is 24.7 Å². The van der Waals surface area contributed by atoms with Crippen LogP contribution >= 0.6 is 0 Å². The Morgan fingerprint density at radius 2 is 1.73 bits per heavy atom. The van der Waals surface area contributed by atoms with Crippen LogP contribution in [0.4, 0.5) is 21.8 Å². The summed E-state index contributed by atoms with van der Waals surface area (Å²) in [4.78, 5) is 21.7. The molecule has 0 saturated carbocycles. The molecule has 0 bridgehead atoms. The molecule has 1 aromatic heterocycles. The number of aryl methyl sites for hydroxylation is 1. The highest BCUT2D eigenvalue weighted by atomic mass is 32.2. The predicted molar refractivity (Wildman–Crippen MR) is 136 cm³/mol. The van der Waals surface area contributed by atoms with Gasteiger partial charge in [0.25, 0.3) is 0 Å². The molecule has 0 atom stereocenters. The number of piperazine rings is 1. The van der Waals surface area contributed by atoms with E-state index in [0.29, 0.717) is 42.7 Å². The zero-order chi connectivity index (χ0) is 26.4. The van der Waals surface area contributed by atoms with Gasteiger partial charge in [-0.15, -0.1) is 0 Å². The average Bonchev–Trinajstić information content (AvgIpc) is 2.88. The first-order valence-corrected chi connectivity index (χ1v) is 13.2. The molecule has 0 radical (unpaired) electrons. The largest absolute Gasteiger partial charge is 0.494 e. The summed E-state index contributed by atoms with van der Waals surface area (Å²) in [6.07, 6.45) is 0.381. The van der Waals surface area contributed by atoms with E-state index in [1.165, 1.54) is 28.6 Å². The Morgan fingerprint density at radius 1 is 1.05 bits per heavy atom. The van der Waals surface area contributed by atoms with Crippen molar-refractivity contribution in [1.82, 2.24) is 14.3 Å². The number of sulfonamides is 1. The lowest BCUT2D eigenvalue weighted by molar-refractivity contribution is -0.137.